The maximum atomic E-state index is 13.8. The van der Waals surface area contributed by atoms with Gasteiger partial charge in [-0.3, -0.25) is 39.1 Å². The van der Waals surface area contributed by atoms with E-state index in [-0.39, 0.29) is 47.6 Å². The van der Waals surface area contributed by atoms with Crippen LogP contribution >= 0.6 is 11.6 Å². The molecule has 63 heavy (non-hydrogen) atoms. The van der Waals surface area contributed by atoms with Crippen LogP contribution in [0, 0.1) is 51.8 Å². The first-order valence-corrected chi connectivity index (χ1v) is 22.5. The lowest BCUT2D eigenvalue weighted by Gasteiger charge is -2.65. The van der Waals surface area contributed by atoms with Crippen molar-refractivity contribution in [2.24, 2.45) is 28.6 Å². The maximum absolute atomic E-state index is 13.8. The molecule has 13 nitrogen and oxygen atoms in total. The number of hydrogen-bond donors (Lipinski definition) is 1. The van der Waals surface area contributed by atoms with E-state index in [9.17, 15) is 29.2 Å². The molecule has 1 N–H and O–H groups in total. The van der Waals surface area contributed by atoms with E-state index in [0.29, 0.717) is 69.1 Å². The summed E-state index contributed by atoms with van der Waals surface area (Å²) in [6.45, 7) is 12.8. The maximum Gasteiger partial charge on any atom is 0.262 e. The summed E-state index contributed by atoms with van der Waals surface area (Å²) in [5, 5.41) is 11.9. The number of piperidine rings is 1. The first-order valence-electron chi connectivity index (χ1n) is 22.2. The number of nitriles is 1. The van der Waals surface area contributed by atoms with Crippen molar-refractivity contribution < 1.29 is 28.7 Å². The van der Waals surface area contributed by atoms with E-state index >= 15 is 0 Å². The van der Waals surface area contributed by atoms with Crippen LogP contribution < -0.4 is 15.0 Å². The number of imide groups is 2. The zero-order chi connectivity index (χ0) is 44.1. The standard InChI is InChI=1S/C49H50ClN7O6/c1-48(2)46(49(3,4)47(48)63-34-14-8-28(21-51)38(50)20-34)56-26-39-36(43(56)60)15-10-31(52-39)9-5-27-6-11-32(12-7-27)54-22-29-24-55(25-30(29)23-54)33-13-16-35-37(19-33)45(62)57(44(35)61)40-17-18-41(58)53-42(40)59/h8,10,13-16,19-20,27,29-30,32,40,46-47H,6-7,11-12,17-18,22-26H2,1-4H3,(H,53,58,59)/t27?,29?,30?,32?,40?,46-,47-. The Hall–Kier alpha value is -5.76. The highest BCUT2D eigenvalue weighted by molar-refractivity contribution is 6.31. The second kappa shape index (κ2) is 15.2. The molecule has 0 radical (unpaired) electrons. The molecule has 0 spiro atoms. The van der Waals surface area contributed by atoms with Gasteiger partial charge in [0.25, 0.3) is 17.7 Å². The fourth-order valence-electron chi connectivity index (χ4n) is 12.4. The average molecular weight is 868 g/mol. The molecule has 0 bridgehead atoms. The van der Waals surface area contributed by atoms with Crippen LogP contribution in [0.5, 0.6) is 5.75 Å². The smallest absolute Gasteiger partial charge is 0.262 e. The van der Waals surface area contributed by atoms with Crippen LogP contribution in [-0.4, -0.2) is 99.6 Å². The average Bonchev–Trinajstić information content (AvgIpc) is 3.99. The quantitative estimate of drug-likeness (QED) is 0.237. The van der Waals surface area contributed by atoms with Gasteiger partial charge in [0.2, 0.25) is 11.8 Å². The lowest BCUT2D eigenvalue weighted by atomic mass is 9.49. The second-order valence-corrected chi connectivity index (χ2v) is 20.2. The Kier molecular flexibility index (Phi) is 9.96. The van der Waals surface area contributed by atoms with Crippen molar-refractivity contribution in [3.8, 4) is 23.7 Å². The zero-order valence-corrected chi connectivity index (χ0v) is 36.7. The number of carbonyl (C=O) groups excluding carboxylic acids is 5. The molecular formula is C49H50ClN7O6. The molecule has 5 amide bonds. The number of pyridine rings is 1. The molecule has 5 aliphatic heterocycles. The van der Waals surface area contributed by atoms with Crippen LogP contribution in [0.15, 0.2) is 48.5 Å². The molecule has 324 valence electrons. The summed E-state index contributed by atoms with van der Waals surface area (Å²) < 4.78 is 6.48. The Balaban J connectivity index is 0.715. The molecular weight excluding hydrogens is 818 g/mol. The number of nitrogens with zero attached hydrogens (tertiary/aromatic N) is 6. The normalized spacial score (nSPS) is 29.4. The molecule has 3 aromatic rings. The van der Waals surface area contributed by atoms with Crippen LogP contribution in [0.1, 0.15) is 114 Å². The van der Waals surface area contributed by atoms with E-state index in [1.807, 2.05) is 23.1 Å². The SMILES string of the molecule is CC1(C)[C@H](Oc2ccc(C#N)c(Cl)c2)C(C)(C)[C@H]1N1Cc2nc(C#CC3CCC(N4CC5CN(c6ccc7c(c6)C(=O)N(C6CCC(=O)NC6=O)C7=O)CC5C4)CC3)ccc2C1=O. The number of ether oxygens (including phenoxy) is 1. The van der Waals surface area contributed by atoms with Crippen molar-refractivity contribution in [3.63, 3.8) is 0 Å². The van der Waals surface area contributed by atoms with Gasteiger partial charge in [0.05, 0.1) is 39.5 Å². The molecule has 10 rings (SSSR count). The number of rotatable bonds is 6. The molecule has 3 unspecified atom stereocenters. The van der Waals surface area contributed by atoms with E-state index in [2.05, 4.69) is 60.7 Å². The van der Waals surface area contributed by atoms with E-state index in [4.69, 9.17) is 21.3 Å². The minimum absolute atomic E-state index is 0.0161. The lowest BCUT2D eigenvalue weighted by Crippen LogP contribution is -2.74. The van der Waals surface area contributed by atoms with Crippen molar-refractivity contribution in [1.29, 1.82) is 5.26 Å². The number of fused-ring (bicyclic) bond motifs is 3. The molecule has 6 heterocycles. The molecule has 2 saturated carbocycles. The number of hydrogen-bond acceptors (Lipinski definition) is 10. The Morgan fingerprint density at radius 2 is 1.51 bits per heavy atom. The van der Waals surface area contributed by atoms with E-state index in [1.165, 1.54) is 0 Å². The monoisotopic (exact) mass is 867 g/mol. The largest absolute Gasteiger partial charge is 0.489 e. The Labute approximate surface area is 372 Å². The second-order valence-electron chi connectivity index (χ2n) is 19.8. The fraction of sp³-hybridized carbons (Fsp3) is 0.490. The van der Waals surface area contributed by atoms with Crippen LogP contribution in [-0.2, 0) is 16.1 Å². The van der Waals surface area contributed by atoms with Crippen LogP contribution in [0.4, 0.5) is 5.69 Å². The number of aromatic nitrogens is 1. The van der Waals surface area contributed by atoms with Gasteiger partial charge in [0, 0.05) is 73.2 Å². The number of anilines is 1. The van der Waals surface area contributed by atoms with Gasteiger partial charge in [-0.1, -0.05) is 45.2 Å². The van der Waals surface area contributed by atoms with E-state index in [1.54, 1.807) is 30.3 Å². The molecule has 3 atom stereocenters. The third-order valence-electron chi connectivity index (χ3n) is 15.1. The predicted octanol–water partition coefficient (Wildman–Crippen LogP) is 5.82. The summed E-state index contributed by atoms with van der Waals surface area (Å²) in [6.07, 6.45) is 4.32. The van der Waals surface area contributed by atoms with Gasteiger partial charge in [0.1, 0.15) is 29.7 Å². The third kappa shape index (κ3) is 6.87. The molecule has 1 aromatic heterocycles. The summed E-state index contributed by atoms with van der Waals surface area (Å²) in [5.74, 6) is 6.85. The number of likely N-dealkylation sites (tertiary alicyclic amines) is 1. The number of benzene rings is 2. The highest BCUT2D eigenvalue weighted by Crippen LogP contribution is 2.59. The van der Waals surface area contributed by atoms with Gasteiger partial charge < -0.3 is 14.5 Å². The van der Waals surface area contributed by atoms with Crippen LogP contribution in [0.3, 0.4) is 0 Å². The van der Waals surface area contributed by atoms with Crippen LogP contribution in [0.2, 0.25) is 5.02 Å². The summed E-state index contributed by atoms with van der Waals surface area (Å²) >= 11 is 6.30. The minimum Gasteiger partial charge on any atom is -0.489 e. The van der Waals surface area contributed by atoms with Gasteiger partial charge in [-0.2, -0.15) is 5.26 Å². The molecule has 2 aliphatic carbocycles. The topological polar surface area (TPSA) is 156 Å². The minimum atomic E-state index is -0.972. The Bertz CT molecular complexity index is 2570. The van der Waals surface area contributed by atoms with Crippen molar-refractivity contribution in [2.45, 2.75) is 97.0 Å². The molecule has 7 aliphatic rings. The van der Waals surface area contributed by atoms with Gasteiger partial charge >= 0.3 is 0 Å². The van der Waals surface area contributed by atoms with Gasteiger partial charge in [0.15, 0.2) is 0 Å². The van der Waals surface area contributed by atoms with Crippen molar-refractivity contribution in [2.75, 3.05) is 31.1 Å². The number of halogens is 1. The van der Waals surface area contributed by atoms with Gasteiger partial charge in [-0.05, 0) is 92.3 Å². The molecule has 3 saturated heterocycles. The van der Waals surface area contributed by atoms with Crippen molar-refractivity contribution in [3.05, 3.63) is 87.2 Å². The zero-order valence-electron chi connectivity index (χ0n) is 35.9. The van der Waals surface area contributed by atoms with Crippen molar-refractivity contribution in [1.82, 2.24) is 25.0 Å². The van der Waals surface area contributed by atoms with Crippen LogP contribution in [0.25, 0.3) is 0 Å². The lowest BCUT2D eigenvalue weighted by molar-refractivity contribution is -0.199. The predicted molar refractivity (Wildman–Crippen MR) is 233 cm³/mol. The van der Waals surface area contributed by atoms with E-state index in [0.717, 1.165) is 68.1 Å². The number of nitrogens with one attached hydrogen (secondary N) is 1. The highest BCUT2D eigenvalue weighted by Gasteiger charge is 2.67. The van der Waals surface area contributed by atoms with Gasteiger partial charge in [-0.25, -0.2) is 4.98 Å². The summed E-state index contributed by atoms with van der Waals surface area (Å²) in [6, 6.07) is 15.8. The molecule has 14 heteroatoms. The highest BCUT2D eigenvalue weighted by atomic mass is 35.5. The first kappa shape index (κ1) is 41.3. The van der Waals surface area contributed by atoms with Crippen molar-refractivity contribution >= 4 is 46.8 Å². The number of amides is 5. The molecule has 2 aromatic carbocycles. The first-order chi connectivity index (χ1) is 30.1. The van der Waals surface area contributed by atoms with Gasteiger partial charge in [-0.15, -0.1) is 0 Å². The summed E-state index contributed by atoms with van der Waals surface area (Å²) in [5.41, 5.74) is 3.30. The fourth-order valence-corrected chi connectivity index (χ4v) is 12.7. The number of carbonyl (C=O) groups is 5. The third-order valence-corrected chi connectivity index (χ3v) is 15.4. The Morgan fingerprint density at radius 1 is 0.810 bits per heavy atom. The molecule has 5 fully saturated rings. The summed E-state index contributed by atoms with van der Waals surface area (Å²) in [7, 11) is 0. The summed E-state index contributed by atoms with van der Waals surface area (Å²) in [4.78, 5) is 77.5. The Morgan fingerprint density at radius 3 is 2.19 bits per heavy atom. The van der Waals surface area contributed by atoms with E-state index < -0.39 is 23.8 Å².